The molecular formula is C20H28N4O3. The van der Waals surface area contributed by atoms with Crippen LogP contribution in [-0.4, -0.2) is 78.9 Å². The Bertz CT molecular complexity index is 734. The molecule has 0 unspecified atom stereocenters. The molecule has 2 fully saturated rings. The van der Waals surface area contributed by atoms with Crippen LogP contribution in [0.5, 0.6) is 0 Å². The molecule has 146 valence electrons. The van der Waals surface area contributed by atoms with E-state index >= 15 is 0 Å². The van der Waals surface area contributed by atoms with Gasteiger partial charge in [-0.3, -0.25) is 9.59 Å². The first-order chi connectivity index (χ1) is 12.7. The van der Waals surface area contributed by atoms with E-state index in [4.69, 9.17) is 0 Å². The molecule has 0 saturated carbocycles. The Morgan fingerprint density at radius 2 is 1.67 bits per heavy atom. The third-order valence-corrected chi connectivity index (χ3v) is 5.45. The van der Waals surface area contributed by atoms with E-state index in [0.29, 0.717) is 31.7 Å². The smallest absolute Gasteiger partial charge is 0.317 e. The van der Waals surface area contributed by atoms with Gasteiger partial charge in [-0.25, -0.2) is 4.79 Å². The fourth-order valence-electron chi connectivity index (χ4n) is 4.22. The molecular weight excluding hydrogens is 344 g/mol. The first-order valence-electron chi connectivity index (χ1n) is 9.36. The van der Waals surface area contributed by atoms with Crippen molar-refractivity contribution in [1.82, 2.24) is 20.0 Å². The van der Waals surface area contributed by atoms with Crippen LogP contribution in [0.2, 0.25) is 0 Å². The van der Waals surface area contributed by atoms with Crippen molar-refractivity contribution in [3.8, 4) is 0 Å². The summed E-state index contributed by atoms with van der Waals surface area (Å²) in [5.74, 6) is -0.136. The number of nitrogens with one attached hydrogen (secondary N) is 1. The van der Waals surface area contributed by atoms with Gasteiger partial charge >= 0.3 is 6.03 Å². The maximum Gasteiger partial charge on any atom is 0.317 e. The molecule has 2 atom stereocenters. The first kappa shape index (κ1) is 19.2. The molecule has 0 spiro atoms. The van der Waals surface area contributed by atoms with Crippen molar-refractivity contribution in [3.05, 3.63) is 35.9 Å². The van der Waals surface area contributed by atoms with Crippen LogP contribution in [0.25, 0.3) is 0 Å². The van der Waals surface area contributed by atoms with E-state index in [2.05, 4.69) is 5.32 Å². The average Bonchev–Trinajstić information content (AvgIpc) is 3.15. The second kappa shape index (κ2) is 7.21. The summed E-state index contributed by atoms with van der Waals surface area (Å²) in [5.41, 5.74) is -0.109. The summed E-state index contributed by atoms with van der Waals surface area (Å²) in [7, 11) is 3.46. The summed E-state index contributed by atoms with van der Waals surface area (Å²) < 4.78 is 0. The average molecular weight is 372 g/mol. The van der Waals surface area contributed by atoms with Crippen LogP contribution >= 0.6 is 0 Å². The minimum atomic E-state index is -0.734. The fourth-order valence-corrected chi connectivity index (χ4v) is 4.22. The van der Waals surface area contributed by atoms with Gasteiger partial charge in [-0.15, -0.1) is 0 Å². The van der Waals surface area contributed by atoms with Crippen molar-refractivity contribution in [3.63, 3.8) is 0 Å². The third kappa shape index (κ3) is 3.50. The van der Waals surface area contributed by atoms with Gasteiger partial charge in [0.15, 0.2) is 0 Å². The lowest BCUT2D eigenvalue weighted by Crippen LogP contribution is -2.49. The number of nitrogens with zero attached hydrogens (tertiary/aromatic N) is 3. The van der Waals surface area contributed by atoms with E-state index in [1.807, 2.05) is 32.0 Å². The number of hydrogen-bond donors (Lipinski definition) is 1. The lowest BCUT2D eigenvalue weighted by molar-refractivity contribution is -0.139. The lowest BCUT2D eigenvalue weighted by Gasteiger charge is -2.31. The lowest BCUT2D eigenvalue weighted by atomic mass is 9.80. The van der Waals surface area contributed by atoms with Crippen molar-refractivity contribution in [2.24, 2.45) is 11.3 Å². The van der Waals surface area contributed by atoms with Gasteiger partial charge < -0.3 is 20.0 Å². The molecule has 3 rings (SSSR count). The number of urea groups is 1. The molecule has 2 heterocycles. The Labute approximate surface area is 160 Å². The number of hydrogen-bond acceptors (Lipinski definition) is 3. The van der Waals surface area contributed by atoms with Gasteiger partial charge in [-0.1, -0.05) is 18.2 Å². The van der Waals surface area contributed by atoms with E-state index < -0.39 is 5.41 Å². The first-order valence-corrected chi connectivity index (χ1v) is 9.36. The van der Waals surface area contributed by atoms with Crippen molar-refractivity contribution in [1.29, 1.82) is 0 Å². The number of benzene rings is 1. The molecule has 1 N–H and O–H groups in total. The van der Waals surface area contributed by atoms with Crippen molar-refractivity contribution >= 4 is 17.8 Å². The van der Waals surface area contributed by atoms with Crippen LogP contribution in [0.3, 0.4) is 0 Å². The zero-order valence-corrected chi connectivity index (χ0v) is 16.4. The van der Waals surface area contributed by atoms with Gasteiger partial charge in [0.25, 0.3) is 5.91 Å². The molecule has 0 aromatic heterocycles. The minimum Gasteiger partial charge on any atom is -0.348 e. The number of amides is 4. The zero-order chi connectivity index (χ0) is 19.8. The number of rotatable bonds is 3. The van der Waals surface area contributed by atoms with Crippen LogP contribution in [-0.2, 0) is 4.79 Å². The molecule has 1 aromatic rings. The SMILES string of the molecule is CC(C)NC(=O)N1C[C@@H]2CN(C(=O)c3ccccc3)C[C@]2(C(=O)N(C)C)C1. The summed E-state index contributed by atoms with van der Waals surface area (Å²) in [6, 6.07) is 9.02. The number of likely N-dealkylation sites (tertiary alicyclic amines) is 2. The Hall–Kier alpha value is -2.57. The number of fused-ring (bicyclic) bond motifs is 1. The quantitative estimate of drug-likeness (QED) is 0.868. The highest BCUT2D eigenvalue weighted by Crippen LogP contribution is 2.44. The van der Waals surface area contributed by atoms with Gasteiger partial charge in [0.2, 0.25) is 5.91 Å². The maximum atomic E-state index is 13.1. The van der Waals surface area contributed by atoms with E-state index in [1.54, 1.807) is 40.9 Å². The summed E-state index contributed by atoms with van der Waals surface area (Å²) >= 11 is 0. The molecule has 0 radical (unpaired) electrons. The van der Waals surface area contributed by atoms with Gasteiger partial charge in [-0.05, 0) is 26.0 Å². The van der Waals surface area contributed by atoms with E-state index in [9.17, 15) is 14.4 Å². The third-order valence-electron chi connectivity index (χ3n) is 5.45. The zero-order valence-electron chi connectivity index (χ0n) is 16.4. The molecule has 4 amide bonds. The van der Waals surface area contributed by atoms with E-state index in [1.165, 1.54) is 0 Å². The second-order valence-corrected chi connectivity index (χ2v) is 8.09. The molecule has 7 heteroatoms. The standard InChI is InChI=1S/C20H28N4O3/c1-14(2)21-19(27)24-11-16-10-23(17(25)15-8-6-5-7-9-15)12-20(16,13-24)18(26)22(3)4/h5-9,14,16H,10-13H2,1-4H3,(H,21,27)/t16-,20-/m0/s1. The topological polar surface area (TPSA) is 73.0 Å². The van der Waals surface area contributed by atoms with Gasteiger partial charge in [0.1, 0.15) is 0 Å². The highest BCUT2D eigenvalue weighted by atomic mass is 16.2. The minimum absolute atomic E-state index is 0.0179. The highest BCUT2D eigenvalue weighted by molar-refractivity contribution is 5.96. The van der Waals surface area contributed by atoms with Crippen molar-refractivity contribution < 1.29 is 14.4 Å². The number of carbonyl (C=O) groups excluding carboxylic acids is 3. The molecule has 27 heavy (non-hydrogen) atoms. The van der Waals surface area contributed by atoms with E-state index in [-0.39, 0.29) is 29.8 Å². The summed E-state index contributed by atoms with van der Waals surface area (Å²) in [5, 5.41) is 2.90. The Morgan fingerprint density at radius 3 is 2.26 bits per heavy atom. The van der Waals surface area contributed by atoms with Gasteiger partial charge in [0.05, 0.1) is 5.41 Å². The second-order valence-electron chi connectivity index (χ2n) is 8.09. The molecule has 2 saturated heterocycles. The van der Waals surface area contributed by atoms with Crippen LogP contribution < -0.4 is 5.32 Å². The van der Waals surface area contributed by atoms with Crippen molar-refractivity contribution in [2.45, 2.75) is 19.9 Å². The van der Waals surface area contributed by atoms with E-state index in [0.717, 1.165) is 0 Å². The summed E-state index contributed by atoms with van der Waals surface area (Å²) in [6.07, 6.45) is 0. The molecule has 1 aromatic carbocycles. The molecule has 2 aliphatic rings. The summed E-state index contributed by atoms with van der Waals surface area (Å²) in [4.78, 5) is 43.5. The van der Waals surface area contributed by atoms with Crippen LogP contribution in [0.4, 0.5) is 4.79 Å². The predicted octanol–water partition coefficient (Wildman–Crippen LogP) is 1.27. The predicted molar refractivity (Wildman–Crippen MR) is 102 cm³/mol. The Balaban J connectivity index is 1.83. The van der Waals surface area contributed by atoms with Gasteiger partial charge in [0, 0.05) is 57.8 Å². The van der Waals surface area contributed by atoms with Gasteiger partial charge in [-0.2, -0.15) is 0 Å². The highest BCUT2D eigenvalue weighted by Gasteiger charge is 2.59. The largest absolute Gasteiger partial charge is 0.348 e. The van der Waals surface area contributed by atoms with Crippen LogP contribution in [0.15, 0.2) is 30.3 Å². The monoisotopic (exact) mass is 372 g/mol. The fraction of sp³-hybridized carbons (Fsp3) is 0.550. The van der Waals surface area contributed by atoms with Crippen molar-refractivity contribution in [2.75, 3.05) is 40.3 Å². The molecule has 2 aliphatic heterocycles. The summed E-state index contributed by atoms with van der Waals surface area (Å²) in [6.45, 7) is 5.47. The Kier molecular flexibility index (Phi) is 5.13. The normalized spacial score (nSPS) is 24.1. The Morgan fingerprint density at radius 1 is 1.07 bits per heavy atom. The molecule has 7 nitrogen and oxygen atoms in total. The number of carbonyl (C=O) groups is 3. The maximum absolute atomic E-state index is 13.1. The molecule has 0 aliphatic carbocycles. The van der Waals surface area contributed by atoms with Crippen LogP contribution in [0, 0.1) is 11.3 Å². The van der Waals surface area contributed by atoms with Crippen LogP contribution in [0.1, 0.15) is 24.2 Å². The molecule has 0 bridgehead atoms.